The van der Waals surface area contributed by atoms with Crippen molar-refractivity contribution >= 4 is 12.6 Å². The Labute approximate surface area is 81.2 Å². The van der Waals surface area contributed by atoms with Crippen LogP contribution in [0.15, 0.2) is 29.4 Å². The fourth-order valence-electron chi connectivity index (χ4n) is 0.443. The van der Waals surface area contributed by atoms with E-state index in [4.69, 9.17) is 0 Å². The third-order valence-corrected chi connectivity index (χ3v) is 1.02. The summed E-state index contributed by atoms with van der Waals surface area (Å²) in [5.41, 5.74) is 0. The molecule has 42 valence electrons. The van der Waals surface area contributed by atoms with Crippen LogP contribution in [0.5, 0.6) is 0 Å². The molecule has 0 spiro atoms. The number of thiol groups is 1. The molecule has 0 unspecified atom stereocenters. The minimum absolute atomic E-state index is 0. The molecule has 1 aromatic rings. The maximum Gasteiger partial charge on any atom is 1.00 e. The number of rotatable bonds is 0. The van der Waals surface area contributed by atoms with Crippen LogP contribution < -0.4 is 34.3 Å². The van der Waals surface area contributed by atoms with Gasteiger partial charge in [0, 0.05) is 6.07 Å². The monoisotopic (exact) mass is 150 g/mol. The van der Waals surface area contributed by atoms with Crippen LogP contribution in [0.2, 0.25) is 0 Å². The van der Waals surface area contributed by atoms with Gasteiger partial charge in [0.1, 0.15) is 0 Å². The summed E-state index contributed by atoms with van der Waals surface area (Å²) < 4.78 is 0.711. The van der Waals surface area contributed by atoms with Gasteiger partial charge in [0.05, 0.1) is 4.90 Å². The Hall–Kier alpha value is 0.300. The zero-order valence-corrected chi connectivity index (χ0v) is 8.01. The minimum Gasteiger partial charge on any atom is -0.619 e. The normalized spacial score (nSPS) is 8.11. The van der Waals surface area contributed by atoms with Crippen molar-refractivity contribution in [1.29, 1.82) is 0 Å². The molecule has 0 aliphatic rings. The van der Waals surface area contributed by atoms with Gasteiger partial charge in [-0.3, -0.25) is 0 Å². The van der Waals surface area contributed by atoms with Crippen molar-refractivity contribution in [3.63, 3.8) is 0 Å². The summed E-state index contributed by atoms with van der Waals surface area (Å²) in [6.45, 7) is 0. The van der Waals surface area contributed by atoms with E-state index >= 15 is 0 Å². The smallest absolute Gasteiger partial charge is 0.619 e. The van der Waals surface area contributed by atoms with Gasteiger partial charge in [0.2, 0.25) is 0 Å². The second-order valence-corrected chi connectivity index (χ2v) is 1.94. The molecule has 0 aliphatic heterocycles. The summed E-state index contributed by atoms with van der Waals surface area (Å²) >= 11 is 3.93. The molecule has 0 saturated carbocycles. The molecule has 0 atom stereocenters. The number of nitrogens with zero attached hydrogens (tertiary/aromatic N) is 1. The molecule has 9 heavy (non-hydrogen) atoms. The SMILES string of the molecule is [Na+].[O-][n+]1cccc(S)c1. The van der Waals surface area contributed by atoms with Crippen molar-refractivity contribution in [3.8, 4) is 0 Å². The van der Waals surface area contributed by atoms with Crippen molar-refractivity contribution in [2.45, 2.75) is 4.90 Å². The topological polar surface area (TPSA) is 26.9 Å². The number of aromatic nitrogens is 1. The Morgan fingerprint density at radius 3 is 2.56 bits per heavy atom. The van der Waals surface area contributed by atoms with Gasteiger partial charge in [-0.1, -0.05) is 0 Å². The van der Waals surface area contributed by atoms with Crippen molar-refractivity contribution in [2.75, 3.05) is 0 Å². The van der Waals surface area contributed by atoms with Crippen LogP contribution in [0.4, 0.5) is 0 Å². The third-order valence-electron chi connectivity index (χ3n) is 0.759. The molecule has 0 saturated heterocycles. The summed E-state index contributed by atoms with van der Waals surface area (Å²) in [5, 5.41) is 10.4. The van der Waals surface area contributed by atoms with Crippen molar-refractivity contribution in [2.24, 2.45) is 0 Å². The zero-order valence-electron chi connectivity index (χ0n) is 5.11. The Balaban J connectivity index is 0.000000640. The van der Waals surface area contributed by atoms with Crippen LogP contribution in [0.3, 0.4) is 0 Å². The van der Waals surface area contributed by atoms with E-state index < -0.39 is 0 Å². The van der Waals surface area contributed by atoms with E-state index in [-0.39, 0.29) is 29.6 Å². The van der Waals surface area contributed by atoms with Gasteiger partial charge in [-0.15, -0.1) is 12.6 Å². The molecular formula is C5H5NNaOS+. The van der Waals surface area contributed by atoms with Gasteiger partial charge in [-0.05, 0) is 6.07 Å². The van der Waals surface area contributed by atoms with Gasteiger partial charge in [0.25, 0.3) is 0 Å². The van der Waals surface area contributed by atoms with Crippen LogP contribution in [0.1, 0.15) is 0 Å². The summed E-state index contributed by atoms with van der Waals surface area (Å²) in [5.74, 6) is 0. The molecule has 1 heterocycles. The molecule has 0 aromatic carbocycles. The summed E-state index contributed by atoms with van der Waals surface area (Å²) in [6.07, 6.45) is 2.81. The molecule has 1 aromatic heterocycles. The van der Waals surface area contributed by atoms with Gasteiger partial charge in [-0.25, -0.2) is 0 Å². The van der Waals surface area contributed by atoms with Gasteiger partial charge < -0.3 is 5.21 Å². The average Bonchev–Trinajstić information content (AvgIpc) is 1.64. The van der Waals surface area contributed by atoms with Crippen molar-refractivity contribution in [1.82, 2.24) is 0 Å². The number of hydrogen-bond acceptors (Lipinski definition) is 2. The maximum absolute atomic E-state index is 10.4. The predicted molar refractivity (Wildman–Crippen MR) is 32.7 cm³/mol. The average molecular weight is 150 g/mol. The van der Waals surface area contributed by atoms with Crippen LogP contribution in [-0.2, 0) is 0 Å². The van der Waals surface area contributed by atoms with E-state index in [1.54, 1.807) is 12.1 Å². The molecule has 0 aliphatic carbocycles. The van der Waals surface area contributed by atoms with Crippen molar-refractivity contribution < 1.29 is 34.3 Å². The van der Waals surface area contributed by atoms with Crippen LogP contribution in [-0.4, -0.2) is 0 Å². The number of hydrogen-bond donors (Lipinski definition) is 1. The van der Waals surface area contributed by atoms with Gasteiger partial charge in [-0.2, -0.15) is 4.73 Å². The molecule has 1 rings (SSSR count). The summed E-state index contributed by atoms with van der Waals surface area (Å²) in [7, 11) is 0. The quantitative estimate of drug-likeness (QED) is 0.190. The first-order valence-electron chi connectivity index (χ1n) is 2.17. The molecule has 4 heteroatoms. The predicted octanol–water partition coefficient (Wildman–Crippen LogP) is -2.39. The second kappa shape index (κ2) is 4.17. The molecule has 0 amide bonds. The molecule has 2 nitrogen and oxygen atoms in total. The maximum atomic E-state index is 10.4. The second-order valence-electron chi connectivity index (χ2n) is 1.42. The first kappa shape index (κ1) is 9.30. The minimum atomic E-state index is 0. The largest absolute Gasteiger partial charge is 1.00 e. The zero-order chi connectivity index (χ0) is 5.98. The first-order valence-corrected chi connectivity index (χ1v) is 2.61. The molecule has 0 radical (unpaired) electrons. The van der Waals surface area contributed by atoms with Crippen LogP contribution >= 0.6 is 12.6 Å². The molecule has 0 N–H and O–H groups in total. The molecular weight excluding hydrogens is 145 g/mol. The van der Waals surface area contributed by atoms with E-state index in [1.807, 2.05) is 0 Å². The van der Waals surface area contributed by atoms with Crippen LogP contribution in [0, 0.1) is 5.21 Å². The van der Waals surface area contributed by atoms with Gasteiger partial charge in [0.15, 0.2) is 12.4 Å². The van der Waals surface area contributed by atoms with Gasteiger partial charge >= 0.3 is 29.6 Å². The van der Waals surface area contributed by atoms with Crippen molar-refractivity contribution in [3.05, 3.63) is 29.7 Å². The Morgan fingerprint density at radius 2 is 2.22 bits per heavy atom. The first-order chi connectivity index (χ1) is 3.79. The molecule has 0 bridgehead atoms. The third kappa shape index (κ3) is 3.11. The fourth-order valence-corrected chi connectivity index (χ4v) is 0.643. The van der Waals surface area contributed by atoms with E-state index in [0.717, 1.165) is 0 Å². The Morgan fingerprint density at radius 1 is 1.56 bits per heavy atom. The van der Waals surface area contributed by atoms with E-state index in [1.165, 1.54) is 12.4 Å². The number of pyridine rings is 1. The molecule has 0 fully saturated rings. The van der Waals surface area contributed by atoms with E-state index in [0.29, 0.717) is 9.63 Å². The van der Waals surface area contributed by atoms with E-state index in [2.05, 4.69) is 12.6 Å². The van der Waals surface area contributed by atoms with Crippen LogP contribution in [0.25, 0.3) is 0 Å². The Kier molecular flexibility index (Phi) is 4.31. The standard InChI is InChI=1S/C5H5NOS.Na/c7-6-3-1-2-5(8)4-6;/h1-4,8H;/q;+1. The summed E-state index contributed by atoms with van der Waals surface area (Å²) in [6, 6.07) is 3.40. The summed E-state index contributed by atoms with van der Waals surface area (Å²) in [4.78, 5) is 0.683. The fraction of sp³-hybridized carbons (Fsp3) is 0. The van der Waals surface area contributed by atoms with E-state index in [9.17, 15) is 5.21 Å². The Bertz CT molecular complexity index is 177.